The van der Waals surface area contributed by atoms with Crippen LogP contribution >= 0.6 is 27.3 Å². The van der Waals surface area contributed by atoms with Crippen molar-refractivity contribution in [3.63, 3.8) is 0 Å². The maximum atomic E-state index is 10.6. The third kappa shape index (κ3) is 1.26. The van der Waals surface area contributed by atoms with E-state index in [9.17, 15) is 4.79 Å². The summed E-state index contributed by atoms with van der Waals surface area (Å²) >= 11 is 4.81. The van der Waals surface area contributed by atoms with Crippen molar-refractivity contribution in [1.29, 1.82) is 0 Å². The van der Waals surface area contributed by atoms with Gasteiger partial charge in [-0.25, -0.2) is 0 Å². The number of hydrogen-bond acceptors (Lipinski definition) is 3. The number of aldehydes is 1. The molecule has 0 saturated heterocycles. The van der Waals surface area contributed by atoms with Crippen molar-refractivity contribution in [3.8, 4) is 0 Å². The van der Waals surface area contributed by atoms with Gasteiger partial charge in [0.15, 0.2) is 6.29 Å². The Morgan fingerprint density at radius 2 is 2.23 bits per heavy atom. The zero-order valence-electron chi connectivity index (χ0n) is 6.58. The Balaban J connectivity index is 2.92. The van der Waals surface area contributed by atoms with Crippen LogP contribution in [-0.2, 0) is 0 Å². The first-order chi connectivity index (χ1) is 6.24. The summed E-state index contributed by atoms with van der Waals surface area (Å²) in [4.78, 5) is 11.3. The molecule has 2 N–H and O–H groups in total. The highest BCUT2D eigenvalue weighted by atomic mass is 79.9. The Kier molecular flexibility index (Phi) is 2.09. The Morgan fingerprint density at radius 3 is 2.85 bits per heavy atom. The lowest BCUT2D eigenvalue weighted by molar-refractivity contribution is 0.112. The normalized spacial score (nSPS) is 10.5. The van der Waals surface area contributed by atoms with E-state index >= 15 is 0 Å². The fourth-order valence-electron chi connectivity index (χ4n) is 1.23. The molecule has 0 fully saturated rings. The van der Waals surface area contributed by atoms with Gasteiger partial charge in [-0.3, -0.25) is 4.79 Å². The van der Waals surface area contributed by atoms with E-state index in [0.717, 1.165) is 20.8 Å². The summed E-state index contributed by atoms with van der Waals surface area (Å²) in [7, 11) is 0. The first-order valence-electron chi connectivity index (χ1n) is 3.65. The van der Waals surface area contributed by atoms with E-state index in [4.69, 9.17) is 5.73 Å². The van der Waals surface area contributed by atoms with Crippen LogP contribution in [0.15, 0.2) is 22.7 Å². The number of nitrogens with two attached hydrogens (primary N) is 1. The standard InChI is InChI=1S/C9H6BrNOS/c10-9-7(4-12)13-6-3-1-2-5(11)8(6)9/h1-4H,11H2. The number of thiophene rings is 1. The summed E-state index contributed by atoms with van der Waals surface area (Å²) < 4.78 is 1.84. The second-order valence-corrected chi connectivity index (χ2v) is 4.50. The number of nitrogen functional groups attached to an aromatic ring is 1. The maximum absolute atomic E-state index is 10.6. The summed E-state index contributed by atoms with van der Waals surface area (Å²) in [5.41, 5.74) is 6.49. The number of anilines is 1. The molecule has 1 heterocycles. The van der Waals surface area contributed by atoms with E-state index in [1.165, 1.54) is 11.3 Å². The number of fused-ring (bicyclic) bond motifs is 1. The van der Waals surface area contributed by atoms with Crippen LogP contribution in [0.2, 0.25) is 0 Å². The molecule has 2 rings (SSSR count). The van der Waals surface area contributed by atoms with Crippen molar-refractivity contribution in [3.05, 3.63) is 27.5 Å². The van der Waals surface area contributed by atoms with E-state index in [0.29, 0.717) is 10.6 Å². The molecule has 0 aliphatic heterocycles. The highest BCUT2D eigenvalue weighted by Crippen LogP contribution is 2.37. The van der Waals surface area contributed by atoms with Gasteiger partial charge in [-0.1, -0.05) is 6.07 Å². The molecule has 0 atom stereocenters. The highest BCUT2D eigenvalue weighted by Gasteiger charge is 2.10. The van der Waals surface area contributed by atoms with Gasteiger partial charge in [-0.05, 0) is 28.1 Å². The van der Waals surface area contributed by atoms with Crippen LogP contribution < -0.4 is 5.73 Å². The largest absolute Gasteiger partial charge is 0.398 e. The minimum atomic E-state index is 0.688. The third-order valence-electron chi connectivity index (χ3n) is 1.82. The zero-order chi connectivity index (χ0) is 9.42. The van der Waals surface area contributed by atoms with Crippen LogP contribution in [0.25, 0.3) is 10.1 Å². The molecule has 2 nitrogen and oxygen atoms in total. The van der Waals surface area contributed by atoms with Crippen LogP contribution in [0.5, 0.6) is 0 Å². The lowest BCUT2D eigenvalue weighted by Crippen LogP contribution is -1.84. The van der Waals surface area contributed by atoms with Crippen molar-refractivity contribution in [2.75, 3.05) is 5.73 Å². The van der Waals surface area contributed by atoms with Gasteiger partial charge in [0.25, 0.3) is 0 Å². The lowest BCUT2D eigenvalue weighted by Gasteiger charge is -1.94. The highest BCUT2D eigenvalue weighted by molar-refractivity contribution is 9.10. The number of benzene rings is 1. The van der Waals surface area contributed by atoms with Gasteiger partial charge < -0.3 is 5.73 Å². The lowest BCUT2D eigenvalue weighted by atomic mass is 10.2. The zero-order valence-corrected chi connectivity index (χ0v) is 8.98. The molecule has 0 saturated carbocycles. The molecule has 1 aromatic carbocycles. The van der Waals surface area contributed by atoms with E-state index in [-0.39, 0.29) is 0 Å². The summed E-state index contributed by atoms with van der Waals surface area (Å²) in [6.45, 7) is 0. The van der Waals surface area contributed by atoms with Crippen LogP contribution in [-0.4, -0.2) is 6.29 Å². The molecular formula is C9H6BrNOS. The molecule has 0 spiro atoms. The number of hydrogen-bond donors (Lipinski definition) is 1. The Labute approximate surface area is 87.5 Å². The molecule has 0 bridgehead atoms. The summed E-state index contributed by atoms with van der Waals surface area (Å²) in [5, 5.41) is 0.939. The summed E-state index contributed by atoms with van der Waals surface area (Å²) in [6, 6.07) is 5.66. The van der Waals surface area contributed by atoms with Gasteiger partial charge in [0.1, 0.15) is 0 Å². The van der Waals surface area contributed by atoms with Gasteiger partial charge in [0.05, 0.1) is 4.88 Å². The van der Waals surface area contributed by atoms with Crippen molar-refractivity contribution in [2.45, 2.75) is 0 Å². The Bertz CT molecular complexity index is 478. The average molecular weight is 256 g/mol. The van der Waals surface area contributed by atoms with Crippen molar-refractivity contribution >= 4 is 49.3 Å². The van der Waals surface area contributed by atoms with E-state index in [1.54, 1.807) is 0 Å². The van der Waals surface area contributed by atoms with E-state index in [1.807, 2.05) is 18.2 Å². The fraction of sp³-hybridized carbons (Fsp3) is 0. The topological polar surface area (TPSA) is 43.1 Å². The molecule has 0 aliphatic carbocycles. The molecule has 2 aromatic rings. The van der Waals surface area contributed by atoms with Gasteiger partial charge in [0, 0.05) is 20.2 Å². The Morgan fingerprint density at radius 1 is 1.46 bits per heavy atom. The quantitative estimate of drug-likeness (QED) is 0.629. The molecule has 0 amide bonds. The molecule has 0 aliphatic rings. The van der Waals surface area contributed by atoms with E-state index < -0.39 is 0 Å². The molecule has 1 aromatic heterocycles. The van der Waals surface area contributed by atoms with Crippen LogP contribution in [0.3, 0.4) is 0 Å². The van der Waals surface area contributed by atoms with Gasteiger partial charge in [-0.2, -0.15) is 0 Å². The SMILES string of the molecule is Nc1cccc2sc(C=O)c(Br)c12. The number of carbonyl (C=O) groups is 1. The minimum Gasteiger partial charge on any atom is -0.398 e. The molecule has 13 heavy (non-hydrogen) atoms. The maximum Gasteiger partial charge on any atom is 0.161 e. The van der Waals surface area contributed by atoms with Crippen LogP contribution in [0, 0.1) is 0 Å². The summed E-state index contributed by atoms with van der Waals surface area (Å²) in [6.07, 6.45) is 0.841. The first kappa shape index (κ1) is 8.72. The summed E-state index contributed by atoms with van der Waals surface area (Å²) in [5.74, 6) is 0. The van der Waals surface area contributed by atoms with Gasteiger partial charge in [-0.15, -0.1) is 11.3 Å². The minimum absolute atomic E-state index is 0.688. The Hall–Kier alpha value is -0.870. The second-order valence-electron chi connectivity index (χ2n) is 2.62. The van der Waals surface area contributed by atoms with Crippen LogP contribution in [0.4, 0.5) is 5.69 Å². The first-order valence-corrected chi connectivity index (χ1v) is 5.26. The van der Waals surface area contributed by atoms with Gasteiger partial charge in [0.2, 0.25) is 0 Å². The average Bonchev–Trinajstić information content (AvgIpc) is 2.44. The molecule has 4 heteroatoms. The molecule has 0 radical (unpaired) electrons. The molecule has 66 valence electrons. The molecule has 0 unspecified atom stereocenters. The van der Waals surface area contributed by atoms with Gasteiger partial charge >= 0.3 is 0 Å². The number of carbonyl (C=O) groups excluding carboxylic acids is 1. The second kappa shape index (κ2) is 3.12. The number of rotatable bonds is 1. The van der Waals surface area contributed by atoms with E-state index in [2.05, 4.69) is 15.9 Å². The number of halogens is 1. The van der Waals surface area contributed by atoms with Crippen LogP contribution in [0.1, 0.15) is 9.67 Å². The predicted octanol–water partition coefficient (Wildman–Crippen LogP) is 3.06. The third-order valence-corrected chi connectivity index (χ3v) is 3.99. The smallest absolute Gasteiger partial charge is 0.161 e. The van der Waals surface area contributed by atoms with Crippen molar-refractivity contribution in [1.82, 2.24) is 0 Å². The molecular weight excluding hydrogens is 250 g/mol. The monoisotopic (exact) mass is 255 g/mol. The predicted molar refractivity (Wildman–Crippen MR) is 59.3 cm³/mol. The van der Waals surface area contributed by atoms with Crippen molar-refractivity contribution in [2.24, 2.45) is 0 Å². The fourth-order valence-corrected chi connectivity index (χ4v) is 3.09. The van der Waals surface area contributed by atoms with Crippen molar-refractivity contribution < 1.29 is 4.79 Å².